The highest BCUT2D eigenvalue weighted by Crippen LogP contribution is 2.16. The van der Waals surface area contributed by atoms with E-state index in [9.17, 15) is 9.59 Å². The minimum atomic E-state index is -0.705. The number of aromatic amines is 1. The molecular formula is C12H13NO3. The lowest BCUT2D eigenvalue weighted by Crippen LogP contribution is -2.15. The fourth-order valence-corrected chi connectivity index (χ4v) is 1.89. The van der Waals surface area contributed by atoms with Crippen LogP contribution in [-0.4, -0.2) is 4.98 Å². The molecule has 0 spiro atoms. The molecule has 1 heterocycles. The van der Waals surface area contributed by atoms with Gasteiger partial charge in [-0.1, -0.05) is 13.8 Å². The topological polar surface area (TPSA) is 63.1 Å². The first-order chi connectivity index (χ1) is 7.65. The van der Waals surface area contributed by atoms with Gasteiger partial charge in [-0.05, 0) is 36.1 Å². The molecule has 84 valence electrons. The molecule has 0 fully saturated rings. The first kappa shape index (κ1) is 10.7. The van der Waals surface area contributed by atoms with E-state index in [-0.39, 0.29) is 0 Å². The normalized spacial score (nSPS) is 10.9. The van der Waals surface area contributed by atoms with Gasteiger partial charge in [0.25, 0.3) is 0 Å². The number of rotatable bonds is 2. The van der Waals surface area contributed by atoms with Gasteiger partial charge in [0.2, 0.25) is 0 Å². The molecule has 0 aliphatic carbocycles. The van der Waals surface area contributed by atoms with E-state index in [1.54, 1.807) is 6.07 Å². The zero-order chi connectivity index (χ0) is 11.7. The van der Waals surface area contributed by atoms with Crippen molar-refractivity contribution in [3.8, 4) is 0 Å². The lowest BCUT2D eigenvalue weighted by atomic mass is 10.0. The second-order valence-electron chi connectivity index (χ2n) is 3.68. The van der Waals surface area contributed by atoms with E-state index in [4.69, 9.17) is 0 Å². The molecule has 0 atom stereocenters. The molecule has 0 aliphatic heterocycles. The van der Waals surface area contributed by atoms with Crippen molar-refractivity contribution in [2.45, 2.75) is 26.7 Å². The summed E-state index contributed by atoms with van der Waals surface area (Å²) in [6.45, 7) is 4.08. The molecule has 0 bridgehead atoms. The predicted molar refractivity (Wildman–Crippen MR) is 61.9 cm³/mol. The summed E-state index contributed by atoms with van der Waals surface area (Å²) in [5.41, 5.74) is 2.25. The van der Waals surface area contributed by atoms with Gasteiger partial charge in [-0.15, -0.1) is 0 Å². The average molecular weight is 219 g/mol. The Morgan fingerprint density at radius 1 is 1.12 bits per heavy atom. The van der Waals surface area contributed by atoms with Crippen molar-refractivity contribution >= 4 is 10.9 Å². The van der Waals surface area contributed by atoms with E-state index in [0.717, 1.165) is 24.0 Å². The molecular weight excluding hydrogens is 206 g/mol. The van der Waals surface area contributed by atoms with Gasteiger partial charge in [-0.3, -0.25) is 4.98 Å². The summed E-state index contributed by atoms with van der Waals surface area (Å²) in [6.07, 6.45) is 1.74. The first-order valence-electron chi connectivity index (χ1n) is 5.34. The number of benzene rings is 1. The van der Waals surface area contributed by atoms with Crippen LogP contribution in [0.4, 0.5) is 0 Å². The number of hydrogen-bond donors (Lipinski definition) is 1. The highest BCUT2D eigenvalue weighted by Gasteiger charge is 2.07. The molecule has 0 saturated heterocycles. The minimum absolute atomic E-state index is 0.439. The summed E-state index contributed by atoms with van der Waals surface area (Å²) in [7, 11) is 0. The summed E-state index contributed by atoms with van der Waals surface area (Å²) in [6, 6.07) is 3.66. The molecule has 0 unspecified atom stereocenters. The summed E-state index contributed by atoms with van der Waals surface area (Å²) in [4.78, 5) is 25.1. The van der Waals surface area contributed by atoms with Gasteiger partial charge in [0.15, 0.2) is 0 Å². The zero-order valence-corrected chi connectivity index (χ0v) is 9.29. The lowest BCUT2D eigenvalue weighted by Gasteiger charge is -2.06. The van der Waals surface area contributed by atoms with Crippen LogP contribution in [0.3, 0.4) is 0 Å². The fourth-order valence-electron chi connectivity index (χ4n) is 1.89. The van der Waals surface area contributed by atoms with Crippen molar-refractivity contribution in [2.75, 3.05) is 0 Å². The van der Waals surface area contributed by atoms with Crippen molar-refractivity contribution in [1.82, 2.24) is 4.98 Å². The fraction of sp³-hybridized carbons (Fsp3) is 0.333. The largest absolute Gasteiger partial charge is 0.419 e. The molecule has 1 aromatic carbocycles. The maximum atomic E-state index is 11.5. The Morgan fingerprint density at radius 2 is 1.75 bits per heavy atom. The summed E-state index contributed by atoms with van der Waals surface area (Å²) >= 11 is 0. The van der Waals surface area contributed by atoms with Crippen molar-refractivity contribution in [2.24, 2.45) is 0 Å². The van der Waals surface area contributed by atoms with E-state index in [2.05, 4.69) is 9.40 Å². The maximum Gasteiger partial charge on any atom is 0.419 e. The van der Waals surface area contributed by atoms with Gasteiger partial charge in [-0.25, -0.2) is 9.59 Å². The molecule has 0 aliphatic rings. The Balaban J connectivity index is 2.88. The van der Waals surface area contributed by atoms with Crippen molar-refractivity contribution in [3.63, 3.8) is 0 Å². The molecule has 4 heteroatoms. The molecule has 4 nitrogen and oxygen atoms in total. The van der Waals surface area contributed by atoms with E-state index in [1.807, 2.05) is 19.9 Å². The number of aryl methyl sites for hydroxylation is 2. The second kappa shape index (κ2) is 3.96. The van der Waals surface area contributed by atoms with Crippen LogP contribution in [0.25, 0.3) is 10.9 Å². The summed E-state index contributed by atoms with van der Waals surface area (Å²) < 4.78 is 4.50. The Morgan fingerprint density at radius 3 is 2.38 bits per heavy atom. The molecule has 1 aromatic heterocycles. The van der Waals surface area contributed by atoms with Crippen molar-refractivity contribution in [1.29, 1.82) is 0 Å². The van der Waals surface area contributed by atoms with Crippen molar-refractivity contribution in [3.05, 3.63) is 44.2 Å². The highest BCUT2D eigenvalue weighted by atomic mass is 16.4. The predicted octanol–water partition coefficient (Wildman–Crippen LogP) is 1.61. The Kier molecular flexibility index (Phi) is 2.64. The van der Waals surface area contributed by atoms with Gasteiger partial charge in [0, 0.05) is 0 Å². The van der Waals surface area contributed by atoms with Crippen LogP contribution in [0, 0.1) is 0 Å². The number of nitrogens with one attached hydrogen (secondary N) is 1. The van der Waals surface area contributed by atoms with Crippen LogP contribution >= 0.6 is 0 Å². The Hall–Kier alpha value is -1.84. The Bertz CT molecular complexity index is 637. The van der Waals surface area contributed by atoms with E-state index in [1.165, 1.54) is 0 Å². The number of hydrogen-bond acceptors (Lipinski definition) is 3. The highest BCUT2D eigenvalue weighted by molar-refractivity contribution is 5.78. The van der Waals surface area contributed by atoms with Crippen LogP contribution in [0.15, 0.2) is 26.1 Å². The van der Waals surface area contributed by atoms with E-state index < -0.39 is 11.4 Å². The summed E-state index contributed by atoms with van der Waals surface area (Å²) in [5.74, 6) is -0.705. The molecule has 0 radical (unpaired) electrons. The second-order valence-corrected chi connectivity index (χ2v) is 3.68. The third-order valence-electron chi connectivity index (χ3n) is 2.74. The van der Waals surface area contributed by atoms with Crippen LogP contribution < -0.4 is 11.4 Å². The van der Waals surface area contributed by atoms with Crippen LogP contribution in [-0.2, 0) is 12.8 Å². The molecule has 2 rings (SSSR count). The molecule has 0 amide bonds. The monoisotopic (exact) mass is 219 g/mol. The molecule has 16 heavy (non-hydrogen) atoms. The van der Waals surface area contributed by atoms with Gasteiger partial charge in [0.1, 0.15) is 0 Å². The Labute approximate surface area is 91.9 Å². The van der Waals surface area contributed by atoms with Gasteiger partial charge < -0.3 is 4.42 Å². The number of H-pyrrole nitrogens is 1. The van der Waals surface area contributed by atoms with Crippen molar-refractivity contribution < 1.29 is 4.42 Å². The van der Waals surface area contributed by atoms with Gasteiger partial charge in [-0.2, -0.15) is 0 Å². The summed E-state index contributed by atoms with van der Waals surface area (Å²) in [5, 5.41) is 0.439. The molecule has 2 aromatic rings. The van der Waals surface area contributed by atoms with E-state index in [0.29, 0.717) is 10.9 Å². The molecule has 0 saturated carbocycles. The third-order valence-corrected chi connectivity index (χ3v) is 2.74. The lowest BCUT2D eigenvalue weighted by molar-refractivity contribution is 0.460. The zero-order valence-electron chi connectivity index (χ0n) is 9.29. The van der Waals surface area contributed by atoms with E-state index >= 15 is 0 Å². The standard InChI is InChI=1S/C12H13NO3/c1-3-7-5-9-10(6-8(7)4-2)13-12(15)16-11(9)14/h5-6H,3-4H2,1-2H3,(H,13,15). The third kappa shape index (κ3) is 1.66. The van der Waals surface area contributed by atoms with Crippen LogP contribution in [0.5, 0.6) is 0 Å². The average Bonchev–Trinajstić information content (AvgIpc) is 2.27. The minimum Gasteiger partial charge on any atom is -0.372 e. The van der Waals surface area contributed by atoms with Crippen LogP contribution in [0.2, 0.25) is 0 Å². The number of fused-ring (bicyclic) bond motifs is 1. The molecule has 1 N–H and O–H groups in total. The smallest absolute Gasteiger partial charge is 0.372 e. The van der Waals surface area contributed by atoms with Gasteiger partial charge >= 0.3 is 11.4 Å². The first-order valence-corrected chi connectivity index (χ1v) is 5.34. The number of aromatic nitrogens is 1. The maximum absolute atomic E-state index is 11.5. The quantitative estimate of drug-likeness (QED) is 0.834. The van der Waals surface area contributed by atoms with Crippen LogP contribution in [0.1, 0.15) is 25.0 Å². The van der Waals surface area contributed by atoms with Gasteiger partial charge in [0.05, 0.1) is 10.9 Å². The SMILES string of the molecule is CCc1cc2[nH]c(=O)oc(=O)c2cc1CC.